The van der Waals surface area contributed by atoms with E-state index in [0.717, 1.165) is 44.1 Å². The number of H-pyrrole nitrogens is 1. The number of likely N-dealkylation sites (tertiary alicyclic amines) is 1. The topological polar surface area (TPSA) is 84.6 Å². The first-order valence-electron chi connectivity index (χ1n) is 9.08. The molecule has 1 fully saturated rings. The maximum Gasteiger partial charge on any atom is 0.270 e. The van der Waals surface area contributed by atoms with Crippen molar-refractivity contribution in [3.63, 3.8) is 0 Å². The lowest BCUT2D eigenvalue weighted by atomic mass is 9.95. The molecule has 0 radical (unpaired) electrons. The number of carbonyl (C=O) groups is 1. The molecule has 26 heavy (non-hydrogen) atoms. The van der Waals surface area contributed by atoms with Gasteiger partial charge >= 0.3 is 0 Å². The van der Waals surface area contributed by atoms with Crippen LogP contribution in [0.2, 0.25) is 0 Å². The van der Waals surface area contributed by atoms with Gasteiger partial charge in [-0.25, -0.2) is 0 Å². The molecule has 136 valence electrons. The van der Waals surface area contributed by atoms with Gasteiger partial charge in [-0.15, -0.1) is 10.2 Å². The molecule has 8 heteroatoms. The lowest BCUT2D eigenvalue weighted by Crippen LogP contribution is -2.38. The number of hydrogen-bond acceptors (Lipinski definition) is 4. The number of amides is 1. The van der Waals surface area contributed by atoms with Crippen molar-refractivity contribution < 1.29 is 4.79 Å². The van der Waals surface area contributed by atoms with E-state index in [9.17, 15) is 4.79 Å². The van der Waals surface area contributed by atoms with Crippen molar-refractivity contribution in [1.29, 1.82) is 0 Å². The second-order valence-corrected chi connectivity index (χ2v) is 6.57. The van der Waals surface area contributed by atoms with Gasteiger partial charge < -0.3 is 14.5 Å². The summed E-state index contributed by atoms with van der Waals surface area (Å²) in [6, 6.07) is 5.58. The third kappa shape index (κ3) is 3.14. The van der Waals surface area contributed by atoms with Crippen LogP contribution >= 0.6 is 0 Å². The molecule has 3 aromatic rings. The van der Waals surface area contributed by atoms with Gasteiger partial charge in [0.1, 0.15) is 18.1 Å². The SMILES string of the molecule is CCn1c(Cn2cccn2)nnc1C1CCN(C(=O)c2ccc[nH]2)CC1. The van der Waals surface area contributed by atoms with Gasteiger partial charge in [0.2, 0.25) is 0 Å². The van der Waals surface area contributed by atoms with Crippen LogP contribution < -0.4 is 0 Å². The maximum absolute atomic E-state index is 12.5. The number of piperidine rings is 1. The summed E-state index contributed by atoms with van der Waals surface area (Å²) in [4.78, 5) is 17.4. The number of aromatic nitrogens is 6. The van der Waals surface area contributed by atoms with Crippen LogP contribution in [-0.4, -0.2) is 53.4 Å². The van der Waals surface area contributed by atoms with Crippen molar-refractivity contribution in [1.82, 2.24) is 34.4 Å². The fraction of sp³-hybridized carbons (Fsp3) is 0.444. The Bertz CT molecular complexity index is 842. The van der Waals surface area contributed by atoms with Crippen molar-refractivity contribution in [3.8, 4) is 0 Å². The van der Waals surface area contributed by atoms with Gasteiger partial charge in [-0.2, -0.15) is 5.10 Å². The molecule has 1 saturated heterocycles. The van der Waals surface area contributed by atoms with Crippen LogP contribution in [0.25, 0.3) is 0 Å². The lowest BCUT2D eigenvalue weighted by molar-refractivity contribution is 0.0705. The molecule has 1 amide bonds. The maximum atomic E-state index is 12.5. The fourth-order valence-corrected chi connectivity index (χ4v) is 3.63. The highest BCUT2D eigenvalue weighted by molar-refractivity contribution is 5.92. The first-order chi connectivity index (χ1) is 12.8. The summed E-state index contributed by atoms with van der Waals surface area (Å²) < 4.78 is 4.05. The second kappa shape index (κ2) is 7.15. The Hall–Kier alpha value is -2.90. The number of carbonyl (C=O) groups excluding carboxylic acids is 1. The largest absolute Gasteiger partial charge is 0.357 e. The van der Waals surface area contributed by atoms with Gasteiger partial charge in [0, 0.05) is 44.1 Å². The van der Waals surface area contributed by atoms with Crippen LogP contribution in [0.3, 0.4) is 0 Å². The van der Waals surface area contributed by atoms with Crippen LogP contribution in [0.1, 0.15) is 47.8 Å². The van der Waals surface area contributed by atoms with Crippen LogP contribution in [-0.2, 0) is 13.1 Å². The molecule has 0 aromatic carbocycles. The second-order valence-electron chi connectivity index (χ2n) is 6.57. The van der Waals surface area contributed by atoms with E-state index in [4.69, 9.17) is 0 Å². The fourth-order valence-electron chi connectivity index (χ4n) is 3.63. The highest BCUT2D eigenvalue weighted by atomic mass is 16.2. The van der Waals surface area contributed by atoms with Gasteiger partial charge in [-0.3, -0.25) is 9.48 Å². The molecule has 3 aromatic heterocycles. The van der Waals surface area contributed by atoms with Crippen LogP contribution in [0.5, 0.6) is 0 Å². The van der Waals surface area contributed by atoms with E-state index in [1.165, 1.54) is 0 Å². The molecule has 1 aliphatic rings. The highest BCUT2D eigenvalue weighted by Gasteiger charge is 2.28. The van der Waals surface area contributed by atoms with E-state index in [1.807, 2.05) is 34.0 Å². The minimum atomic E-state index is 0.0739. The van der Waals surface area contributed by atoms with Crippen LogP contribution in [0, 0.1) is 0 Å². The Morgan fingerprint density at radius 2 is 2.12 bits per heavy atom. The van der Waals surface area contributed by atoms with Crippen molar-refractivity contribution in [2.45, 2.75) is 38.8 Å². The average Bonchev–Trinajstić information content (AvgIpc) is 3.43. The Morgan fingerprint density at radius 3 is 2.77 bits per heavy atom. The minimum absolute atomic E-state index is 0.0739. The van der Waals surface area contributed by atoms with E-state index in [-0.39, 0.29) is 5.91 Å². The van der Waals surface area contributed by atoms with Crippen molar-refractivity contribution in [2.24, 2.45) is 0 Å². The molecule has 0 saturated carbocycles. The predicted octanol–water partition coefficient (Wildman–Crippen LogP) is 1.89. The first-order valence-corrected chi connectivity index (χ1v) is 9.08. The number of aromatic amines is 1. The van der Waals surface area contributed by atoms with Crippen molar-refractivity contribution in [3.05, 3.63) is 54.1 Å². The molecule has 4 rings (SSSR count). The van der Waals surface area contributed by atoms with E-state index >= 15 is 0 Å². The average molecular weight is 353 g/mol. The van der Waals surface area contributed by atoms with E-state index < -0.39 is 0 Å². The number of rotatable bonds is 5. The lowest BCUT2D eigenvalue weighted by Gasteiger charge is -2.31. The Kier molecular flexibility index (Phi) is 4.55. The van der Waals surface area contributed by atoms with E-state index in [0.29, 0.717) is 18.2 Å². The first kappa shape index (κ1) is 16.6. The van der Waals surface area contributed by atoms with E-state index in [2.05, 4.69) is 31.8 Å². The number of hydrogen-bond donors (Lipinski definition) is 1. The third-order valence-electron chi connectivity index (χ3n) is 5.01. The molecule has 0 spiro atoms. The number of nitrogens with one attached hydrogen (secondary N) is 1. The zero-order chi connectivity index (χ0) is 17.9. The van der Waals surface area contributed by atoms with Crippen LogP contribution in [0.4, 0.5) is 0 Å². The zero-order valence-electron chi connectivity index (χ0n) is 14.9. The van der Waals surface area contributed by atoms with Gasteiger partial charge in [0.25, 0.3) is 5.91 Å². The summed E-state index contributed by atoms with van der Waals surface area (Å²) >= 11 is 0. The minimum Gasteiger partial charge on any atom is -0.357 e. The molecule has 0 bridgehead atoms. The summed E-state index contributed by atoms with van der Waals surface area (Å²) in [5.41, 5.74) is 0.654. The third-order valence-corrected chi connectivity index (χ3v) is 5.01. The highest BCUT2D eigenvalue weighted by Crippen LogP contribution is 2.28. The Balaban J connectivity index is 1.44. The van der Waals surface area contributed by atoms with Gasteiger partial charge in [0.15, 0.2) is 5.82 Å². The number of nitrogens with zero attached hydrogens (tertiary/aromatic N) is 6. The summed E-state index contributed by atoms with van der Waals surface area (Å²) in [5.74, 6) is 2.36. The zero-order valence-corrected chi connectivity index (χ0v) is 14.9. The molecule has 4 heterocycles. The monoisotopic (exact) mass is 353 g/mol. The molecule has 1 N–H and O–H groups in total. The molecule has 0 atom stereocenters. The summed E-state index contributed by atoms with van der Waals surface area (Å²) in [5, 5.41) is 13.1. The standard InChI is InChI=1S/C18H23N7O/c1-2-25-16(13-24-10-4-9-20-24)21-22-17(25)14-6-11-23(12-7-14)18(26)15-5-3-8-19-15/h3-5,8-10,14,19H,2,6-7,11-13H2,1H3. The van der Waals surface area contributed by atoms with Gasteiger partial charge in [-0.1, -0.05) is 0 Å². The molecular formula is C18H23N7O. The summed E-state index contributed by atoms with van der Waals surface area (Å²) in [6.07, 6.45) is 7.30. The summed E-state index contributed by atoms with van der Waals surface area (Å²) in [7, 11) is 0. The quantitative estimate of drug-likeness (QED) is 0.759. The molecule has 0 unspecified atom stereocenters. The molecule has 1 aliphatic heterocycles. The van der Waals surface area contributed by atoms with E-state index in [1.54, 1.807) is 12.4 Å². The van der Waals surface area contributed by atoms with Crippen molar-refractivity contribution >= 4 is 5.91 Å². The Labute approximate surface area is 151 Å². The summed E-state index contributed by atoms with van der Waals surface area (Å²) in [6.45, 7) is 5.06. The normalized spacial score (nSPS) is 15.5. The van der Waals surface area contributed by atoms with Crippen LogP contribution in [0.15, 0.2) is 36.8 Å². The van der Waals surface area contributed by atoms with Crippen molar-refractivity contribution in [2.75, 3.05) is 13.1 Å². The predicted molar refractivity (Wildman–Crippen MR) is 95.7 cm³/mol. The Morgan fingerprint density at radius 1 is 1.27 bits per heavy atom. The van der Waals surface area contributed by atoms with Gasteiger partial charge in [0.05, 0.1) is 0 Å². The molecular weight excluding hydrogens is 330 g/mol. The smallest absolute Gasteiger partial charge is 0.270 e. The van der Waals surface area contributed by atoms with Gasteiger partial charge in [-0.05, 0) is 38.0 Å². The molecule has 0 aliphatic carbocycles. The molecule has 8 nitrogen and oxygen atoms in total.